The summed E-state index contributed by atoms with van der Waals surface area (Å²) in [6, 6.07) is -0.540. The Balaban J connectivity index is 3.36. The summed E-state index contributed by atoms with van der Waals surface area (Å²) in [5, 5.41) is 23.4. The van der Waals surface area contributed by atoms with Crippen LogP contribution >= 0.6 is 0 Å². The van der Waals surface area contributed by atoms with E-state index in [2.05, 4.69) is 67.8 Å². The highest BCUT2D eigenvalue weighted by molar-refractivity contribution is 5.76. The highest BCUT2D eigenvalue weighted by atomic mass is 16.5. The first-order valence-electron chi connectivity index (χ1n) is 40.4. The normalized spacial score (nSPS) is 12.7. The van der Waals surface area contributed by atoms with Crippen LogP contribution in [0.15, 0.2) is 48.6 Å². The summed E-state index contributed by atoms with van der Waals surface area (Å²) >= 11 is 0. The maximum Gasteiger partial charge on any atom is 0.305 e. The molecule has 2 atom stereocenters. The number of carbonyl (C=O) groups is 2. The number of ether oxygens (including phenoxy) is 1. The first-order chi connectivity index (χ1) is 44.0. The Morgan fingerprint density at radius 2 is 0.573 bits per heavy atom. The topological polar surface area (TPSA) is 95.9 Å². The minimum Gasteiger partial charge on any atom is -0.466 e. The van der Waals surface area contributed by atoms with E-state index in [-0.39, 0.29) is 18.5 Å². The summed E-state index contributed by atoms with van der Waals surface area (Å²) in [4.78, 5) is 24.6. The molecule has 0 aromatic heterocycles. The van der Waals surface area contributed by atoms with Crippen LogP contribution in [0, 0.1) is 0 Å². The number of esters is 1. The zero-order valence-corrected chi connectivity index (χ0v) is 60.2. The SMILES string of the molecule is CCCC/C=C\C/C=C\CCCCCCCC(=O)OCCCCCCCCCCCCCCCCC/C=C\C/C=C\CCCCCCCCCCCCCCCCCCCC(=O)NC(CO)C(O)CCCCCCCCCCCCCCCCCCCCC. The molecule has 6 nitrogen and oxygen atoms in total. The maximum absolute atomic E-state index is 12.6. The zero-order chi connectivity index (χ0) is 64.2. The monoisotopic (exact) mass is 1250 g/mol. The van der Waals surface area contributed by atoms with Gasteiger partial charge >= 0.3 is 5.97 Å². The van der Waals surface area contributed by atoms with Gasteiger partial charge in [0, 0.05) is 12.8 Å². The van der Waals surface area contributed by atoms with Crippen LogP contribution in [0.3, 0.4) is 0 Å². The standard InChI is InChI=1S/C83H157NO5/c1-3-5-7-9-11-13-15-17-19-20-42-45-48-51-55-59-63-67-71-75-81(86)80(79-85)84-82(87)76-72-68-64-60-56-52-49-46-43-40-38-36-34-32-30-28-26-24-22-21-23-25-27-29-31-33-35-37-39-41-44-47-50-54-58-62-66-70-74-78-89-83(88)77-73-69-65-61-57-53-18-16-14-12-10-8-6-4-2/h10,12,16,18,21-22,25,27,80-81,85-86H,3-9,11,13-15,17,19-20,23-24,26,28-79H2,1-2H3,(H,84,87)/b12-10-,18-16-,22-21-,27-25-. The van der Waals surface area contributed by atoms with Crippen molar-refractivity contribution < 1.29 is 24.5 Å². The molecule has 0 aliphatic carbocycles. The Hall–Kier alpha value is -2.18. The lowest BCUT2D eigenvalue weighted by Gasteiger charge is -2.22. The molecule has 6 heteroatoms. The average Bonchev–Trinajstić information content (AvgIpc) is 3.63. The van der Waals surface area contributed by atoms with Crippen molar-refractivity contribution in [3.05, 3.63) is 48.6 Å². The van der Waals surface area contributed by atoms with Crippen molar-refractivity contribution in [3.8, 4) is 0 Å². The number of allylic oxidation sites excluding steroid dienone is 8. The zero-order valence-electron chi connectivity index (χ0n) is 60.2. The van der Waals surface area contributed by atoms with Crippen LogP contribution in [0.5, 0.6) is 0 Å². The van der Waals surface area contributed by atoms with Crippen molar-refractivity contribution in [1.82, 2.24) is 5.32 Å². The lowest BCUT2D eigenvalue weighted by molar-refractivity contribution is -0.143. The van der Waals surface area contributed by atoms with Crippen molar-refractivity contribution in [2.75, 3.05) is 13.2 Å². The van der Waals surface area contributed by atoms with E-state index in [1.807, 2.05) is 0 Å². The number of aliphatic hydroxyl groups excluding tert-OH is 2. The summed E-state index contributed by atoms with van der Waals surface area (Å²) in [6.07, 6.45) is 104. The lowest BCUT2D eigenvalue weighted by atomic mass is 10.0. The molecular formula is C83H157NO5. The largest absolute Gasteiger partial charge is 0.466 e. The van der Waals surface area contributed by atoms with Crippen molar-refractivity contribution >= 4 is 11.9 Å². The van der Waals surface area contributed by atoms with Crippen LogP contribution in [0.25, 0.3) is 0 Å². The first-order valence-corrected chi connectivity index (χ1v) is 40.4. The average molecular weight is 1250 g/mol. The molecule has 0 radical (unpaired) electrons. The van der Waals surface area contributed by atoms with Gasteiger partial charge in [-0.15, -0.1) is 0 Å². The number of nitrogens with one attached hydrogen (secondary N) is 1. The summed E-state index contributed by atoms with van der Waals surface area (Å²) in [5.74, 6) is -0.0216. The summed E-state index contributed by atoms with van der Waals surface area (Å²) in [6.45, 7) is 4.95. The Labute approximate surface area is 556 Å². The Morgan fingerprint density at radius 3 is 0.888 bits per heavy atom. The minimum atomic E-state index is -0.663. The number of carbonyl (C=O) groups excluding carboxylic acids is 2. The number of hydrogen-bond acceptors (Lipinski definition) is 5. The second-order valence-electron chi connectivity index (χ2n) is 27.7. The van der Waals surface area contributed by atoms with E-state index in [0.717, 1.165) is 57.8 Å². The smallest absolute Gasteiger partial charge is 0.305 e. The van der Waals surface area contributed by atoms with Gasteiger partial charge in [-0.3, -0.25) is 9.59 Å². The molecule has 89 heavy (non-hydrogen) atoms. The molecule has 0 spiro atoms. The third kappa shape index (κ3) is 74.7. The molecule has 0 aliphatic heterocycles. The third-order valence-corrected chi connectivity index (χ3v) is 18.9. The van der Waals surface area contributed by atoms with E-state index in [1.54, 1.807) is 0 Å². The van der Waals surface area contributed by atoms with E-state index in [9.17, 15) is 19.8 Å². The molecule has 0 rings (SSSR count). The number of hydrogen-bond donors (Lipinski definition) is 3. The second-order valence-corrected chi connectivity index (χ2v) is 27.7. The molecule has 0 aliphatic rings. The van der Waals surface area contributed by atoms with Gasteiger partial charge in [0.15, 0.2) is 0 Å². The highest BCUT2D eigenvalue weighted by Gasteiger charge is 2.20. The molecule has 1 amide bonds. The predicted octanol–water partition coefficient (Wildman–Crippen LogP) is 26.8. The summed E-state index contributed by atoms with van der Waals surface area (Å²) in [5.41, 5.74) is 0. The number of aliphatic hydroxyl groups is 2. The van der Waals surface area contributed by atoms with Gasteiger partial charge in [-0.05, 0) is 83.5 Å². The van der Waals surface area contributed by atoms with Crippen LogP contribution < -0.4 is 5.32 Å². The van der Waals surface area contributed by atoms with Crippen molar-refractivity contribution in [3.63, 3.8) is 0 Å². The highest BCUT2D eigenvalue weighted by Crippen LogP contribution is 2.20. The van der Waals surface area contributed by atoms with Crippen LogP contribution in [0.4, 0.5) is 0 Å². The molecule has 0 saturated heterocycles. The van der Waals surface area contributed by atoms with Crippen LogP contribution in [0.2, 0.25) is 0 Å². The van der Waals surface area contributed by atoms with Gasteiger partial charge in [0.25, 0.3) is 0 Å². The van der Waals surface area contributed by atoms with Crippen molar-refractivity contribution in [2.24, 2.45) is 0 Å². The van der Waals surface area contributed by atoms with E-state index in [0.29, 0.717) is 25.9 Å². The predicted molar refractivity (Wildman–Crippen MR) is 393 cm³/mol. The quantitative estimate of drug-likeness (QED) is 0.0320. The molecule has 0 aromatic carbocycles. The fourth-order valence-electron chi connectivity index (χ4n) is 12.7. The molecule has 0 bridgehead atoms. The molecule has 3 N–H and O–H groups in total. The third-order valence-electron chi connectivity index (χ3n) is 18.9. The van der Waals surface area contributed by atoms with Crippen LogP contribution in [-0.4, -0.2) is 47.4 Å². The minimum absolute atomic E-state index is 0.00597. The Bertz CT molecular complexity index is 1490. The fourth-order valence-corrected chi connectivity index (χ4v) is 12.7. The Kier molecular flexibility index (Phi) is 76.3. The molecule has 0 fully saturated rings. The van der Waals surface area contributed by atoms with Gasteiger partial charge in [-0.1, -0.05) is 396 Å². The fraction of sp³-hybridized carbons (Fsp3) is 0.880. The van der Waals surface area contributed by atoms with Gasteiger partial charge < -0.3 is 20.3 Å². The van der Waals surface area contributed by atoms with E-state index < -0.39 is 12.1 Å². The lowest BCUT2D eigenvalue weighted by Crippen LogP contribution is -2.45. The molecular weight excluding hydrogens is 1090 g/mol. The van der Waals surface area contributed by atoms with Gasteiger partial charge in [0.05, 0.1) is 25.4 Å². The van der Waals surface area contributed by atoms with Crippen molar-refractivity contribution in [1.29, 1.82) is 0 Å². The number of unbranched alkanes of at least 4 members (excludes halogenated alkanes) is 57. The van der Waals surface area contributed by atoms with Crippen LogP contribution in [0.1, 0.15) is 444 Å². The van der Waals surface area contributed by atoms with E-state index in [4.69, 9.17) is 4.74 Å². The van der Waals surface area contributed by atoms with Gasteiger partial charge in [-0.2, -0.15) is 0 Å². The molecule has 0 saturated carbocycles. The van der Waals surface area contributed by atoms with Crippen LogP contribution in [-0.2, 0) is 14.3 Å². The number of amides is 1. The van der Waals surface area contributed by atoms with Gasteiger partial charge in [0.1, 0.15) is 0 Å². The maximum atomic E-state index is 12.6. The van der Waals surface area contributed by atoms with E-state index >= 15 is 0 Å². The van der Waals surface area contributed by atoms with Gasteiger partial charge in [0.2, 0.25) is 5.91 Å². The first kappa shape index (κ1) is 86.8. The van der Waals surface area contributed by atoms with E-state index in [1.165, 1.54) is 353 Å². The van der Waals surface area contributed by atoms with Crippen molar-refractivity contribution in [2.45, 2.75) is 456 Å². The Morgan fingerprint density at radius 1 is 0.315 bits per heavy atom. The summed E-state index contributed by atoms with van der Waals surface area (Å²) in [7, 11) is 0. The molecule has 0 aromatic rings. The molecule has 0 heterocycles. The molecule has 524 valence electrons. The van der Waals surface area contributed by atoms with Gasteiger partial charge in [-0.25, -0.2) is 0 Å². The second kappa shape index (κ2) is 78.3. The molecule has 2 unspecified atom stereocenters. The number of rotatable bonds is 76. The summed E-state index contributed by atoms with van der Waals surface area (Å²) < 4.78 is 5.49.